The summed E-state index contributed by atoms with van der Waals surface area (Å²) in [7, 11) is 4.93. The quantitative estimate of drug-likeness (QED) is 0.453. The first-order chi connectivity index (χ1) is 14.4. The van der Waals surface area contributed by atoms with E-state index < -0.39 is 6.10 Å². The van der Waals surface area contributed by atoms with Crippen LogP contribution in [0.4, 0.5) is 0 Å². The molecular formula is C26H38O4. The van der Waals surface area contributed by atoms with E-state index >= 15 is 0 Å². The number of hydrogen-bond acceptors (Lipinski definition) is 4. The molecule has 1 aliphatic rings. The van der Waals surface area contributed by atoms with Crippen LogP contribution in [0.5, 0.6) is 17.2 Å². The van der Waals surface area contributed by atoms with Crippen LogP contribution in [0.3, 0.4) is 0 Å². The highest BCUT2D eigenvalue weighted by Gasteiger charge is 2.26. The molecule has 0 saturated carbocycles. The van der Waals surface area contributed by atoms with E-state index in [1.54, 1.807) is 21.3 Å². The van der Waals surface area contributed by atoms with E-state index in [0.29, 0.717) is 17.9 Å². The molecule has 0 spiro atoms. The third-order valence-corrected chi connectivity index (χ3v) is 5.69. The van der Waals surface area contributed by atoms with Crippen LogP contribution in [0.2, 0.25) is 0 Å². The molecule has 0 unspecified atom stereocenters. The van der Waals surface area contributed by atoms with E-state index in [4.69, 9.17) is 14.2 Å². The van der Waals surface area contributed by atoms with Crippen LogP contribution >= 0.6 is 0 Å². The van der Waals surface area contributed by atoms with Gasteiger partial charge in [0.2, 0.25) is 0 Å². The van der Waals surface area contributed by atoms with Gasteiger partial charge >= 0.3 is 0 Å². The number of methoxy groups -OCH3 is 3. The van der Waals surface area contributed by atoms with Crippen molar-refractivity contribution in [1.29, 1.82) is 0 Å². The molecule has 1 N–H and O–H groups in total. The van der Waals surface area contributed by atoms with Gasteiger partial charge in [-0.15, -0.1) is 0 Å². The first kappa shape index (κ1) is 24.1. The van der Waals surface area contributed by atoms with Gasteiger partial charge in [0.15, 0.2) is 11.5 Å². The Morgan fingerprint density at radius 1 is 0.967 bits per heavy atom. The van der Waals surface area contributed by atoms with E-state index in [9.17, 15) is 5.11 Å². The monoisotopic (exact) mass is 414 g/mol. The molecule has 4 nitrogen and oxygen atoms in total. The minimum absolute atomic E-state index is 0.192. The molecule has 1 aromatic carbocycles. The average Bonchev–Trinajstić information content (AvgIpc) is 2.72. The van der Waals surface area contributed by atoms with Gasteiger partial charge in [-0.3, -0.25) is 0 Å². The molecule has 0 amide bonds. The third-order valence-electron chi connectivity index (χ3n) is 5.69. The molecule has 1 aromatic rings. The highest BCUT2D eigenvalue weighted by Crippen LogP contribution is 2.43. The fraction of sp³-hybridized carbons (Fsp3) is 0.538. The second-order valence-electron chi connectivity index (χ2n) is 8.39. The standard InChI is InChI=1S/C26H38O4/c1-18(2)9-7-10-19(3)11-8-12-20-13-21(15-22(27)14-20)23-16-25(29-5)26(30-6)17-24(23)28-4/h9,11,14,16-17,21-22,27H,7-8,10,12-13,15H2,1-6H3/b19-11+/t21-,22+/m1/s1. The lowest BCUT2D eigenvalue weighted by atomic mass is 9.80. The predicted octanol–water partition coefficient (Wildman–Crippen LogP) is 6.35. The fourth-order valence-electron chi connectivity index (χ4n) is 4.09. The first-order valence-corrected chi connectivity index (χ1v) is 10.8. The number of allylic oxidation sites excluding steroid dienone is 5. The first-order valence-electron chi connectivity index (χ1n) is 10.8. The van der Waals surface area contributed by atoms with Gasteiger partial charge in [-0.1, -0.05) is 34.9 Å². The molecule has 0 aliphatic heterocycles. The Morgan fingerprint density at radius 3 is 2.27 bits per heavy atom. The molecule has 30 heavy (non-hydrogen) atoms. The highest BCUT2D eigenvalue weighted by atomic mass is 16.5. The van der Waals surface area contributed by atoms with Crippen LogP contribution in [0, 0.1) is 0 Å². The average molecular weight is 415 g/mol. The molecule has 0 bridgehead atoms. The number of hydrogen-bond donors (Lipinski definition) is 1. The maximum absolute atomic E-state index is 10.5. The van der Waals surface area contributed by atoms with E-state index in [1.807, 2.05) is 18.2 Å². The third kappa shape index (κ3) is 6.94. The van der Waals surface area contributed by atoms with Crippen molar-refractivity contribution in [3.63, 3.8) is 0 Å². The lowest BCUT2D eigenvalue weighted by Gasteiger charge is -2.28. The molecule has 2 atom stereocenters. The Kier molecular flexibility index (Phi) is 9.51. The number of aliphatic hydroxyl groups excluding tert-OH is 1. The molecule has 4 heteroatoms. The van der Waals surface area contributed by atoms with Gasteiger partial charge < -0.3 is 19.3 Å². The van der Waals surface area contributed by atoms with Crippen molar-refractivity contribution in [2.75, 3.05) is 21.3 Å². The summed E-state index contributed by atoms with van der Waals surface area (Å²) in [5, 5.41) is 10.5. The van der Waals surface area contributed by atoms with Gasteiger partial charge in [0, 0.05) is 11.6 Å². The molecule has 0 heterocycles. The summed E-state index contributed by atoms with van der Waals surface area (Å²) in [5.74, 6) is 2.31. The zero-order chi connectivity index (χ0) is 22.1. The lowest BCUT2D eigenvalue weighted by Crippen LogP contribution is -2.17. The smallest absolute Gasteiger partial charge is 0.164 e. The number of ether oxygens (including phenoxy) is 3. The van der Waals surface area contributed by atoms with Crippen LogP contribution < -0.4 is 14.2 Å². The largest absolute Gasteiger partial charge is 0.496 e. The normalized spacial score (nSPS) is 19.2. The SMILES string of the molecule is COc1cc(OC)c([C@@H]2CC(CC/C=C(\C)CCC=C(C)C)=C[C@H](O)C2)cc1OC. The minimum Gasteiger partial charge on any atom is -0.496 e. The zero-order valence-corrected chi connectivity index (χ0v) is 19.5. The van der Waals surface area contributed by atoms with Crippen molar-refractivity contribution >= 4 is 0 Å². The van der Waals surface area contributed by atoms with E-state index in [2.05, 4.69) is 32.9 Å². The van der Waals surface area contributed by atoms with Crippen molar-refractivity contribution in [2.45, 2.75) is 71.3 Å². The molecule has 0 radical (unpaired) electrons. The molecule has 0 saturated heterocycles. The Labute approximate surface area is 182 Å². The van der Waals surface area contributed by atoms with Crippen molar-refractivity contribution < 1.29 is 19.3 Å². The van der Waals surface area contributed by atoms with Crippen molar-refractivity contribution in [3.8, 4) is 17.2 Å². The van der Waals surface area contributed by atoms with Gasteiger partial charge in [0.25, 0.3) is 0 Å². The van der Waals surface area contributed by atoms with Crippen molar-refractivity contribution in [3.05, 3.63) is 52.6 Å². The second kappa shape index (κ2) is 11.8. The fourth-order valence-corrected chi connectivity index (χ4v) is 4.09. The summed E-state index contributed by atoms with van der Waals surface area (Å²) in [6.45, 7) is 6.49. The molecule has 166 valence electrons. The van der Waals surface area contributed by atoms with Gasteiger partial charge in [0.1, 0.15) is 5.75 Å². The van der Waals surface area contributed by atoms with Crippen LogP contribution in [0.25, 0.3) is 0 Å². The highest BCUT2D eigenvalue weighted by molar-refractivity contribution is 5.52. The lowest BCUT2D eigenvalue weighted by molar-refractivity contribution is 0.191. The molecule has 0 aromatic heterocycles. The van der Waals surface area contributed by atoms with Crippen molar-refractivity contribution in [1.82, 2.24) is 0 Å². The summed E-state index contributed by atoms with van der Waals surface area (Å²) < 4.78 is 16.5. The Morgan fingerprint density at radius 2 is 1.63 bits per heavy atom. The van der Waals surface area contributed by atoms with Crippen LogP contribution in [-0.4, -0.2) is 32.5 Å². The topological polar surface area (TPSA) is 47.9 Å². The second-order valence-corrected chi connectivity index (χ2v) is 8.39. The summed E-state index contributed by atoms with van der Waals surface area (Å²) in [6, 6.07) is 3.86. The number of rotatable bonds is 10. The summed E-state index contributed by atoms with van der Waals surface area (Å²) in [4.78, 5) is 0. The Hall–Kier alpha value is -2.20. The van der Waals surface area contributed by atoms with E-state index in [1.165, 1.54) is 16.7 Å². The van der Waals surface area contributed by atoms with E-state index in [-0.39, 0.29) is 5.92 Å². The maximum Gasteiger partial charge on any atom is 0.164 e. The molecular weight excluding hydrogens is 376 g/mol. The number of aliphatic hydroxyl groups is 1. The van der Waals surface area contributed by atoms with E-state index in [0.717, 1.165) is 43.4 Å². The maximum atomic E-state index is 10.5. The van der Waals surface area contributed by atoms with Gasteiger partial charge in [-0.25, -0.2) is 0 Å². The molecule has 0 fully saturated rings. The zero-order valence-electron chi connectivity index (χ0n) is 19.5. The minimum atomic E-state index is -0.431. The Balaban J connectivity index is 2.07. The van der Waals surface area contributed by atoms with Crippen molar-refractivity contribution in [2.24, 2.45) is 0 Å². The van der Waals surface area contributed by atoms with Gasteiger partial charge in [0.05, 0.1) is 27.4 Å². The molecule has 1 aliphatic carbocycles. The predicted molar refractivity (Wildman–Crippen MR) is 124 cm³/mol. The number of benzene rings is 1. The summed E-state index contributed by atoms with van der Waals surface area (Å²) >= 11 is 0. The van der Waals surface area contributed by atoms with Gasteiger partial charge in [-0.05, 0) is 71.3 Å². The summed E-state index contributed by atoms with van der Waals surface area (Å²) in [5.41, 5.74) is 5.18. The Bertz CT molecular complexity index is 784. The van der Waals surface area contributed by atoms with Crippen LogP contribution in [0.15, 0.2) is 47.1 Å². The summed E-state index contributed by atoms with van der Waals surface area (Å²) in [6.07, 6.45) is 12.0. The molecule has 2 rings (SSSR count). The van der Waals surface area contributed by atoms with Crippen LogP contribution in [0.1, 0.15) is 70.8 Å². The van der Waals surface area contributed by atoms with Crippen LogP contribution in [-0.2, 0) is 0 Å². The van der Waals surface area contributed by atoms with Gasteiger partial charge in [-0.2, -0.15) is 0 Å².